The molecule has 6 amide bonds. The van der Waals surface area contributed by atoms with Crippen molar-refractivity contribution in [3.8, 4) is 6.07 Å². The maximum atomic E-state index is 13.3. The van der Waals surface area contributed by atoms with Crippen LogP contribution in [0, 0.1) is 17.2 Å². The Hall–Kier alpha value is -5.79. The van der Waals surface area contributed by atoms with Crippen LogP contribution in [-0.2, 0) is 9.59 Å². The third kappa shape index (κ3) is 7.76. The normalized spacial score (nSPS) is 23.2. The van der Waals surface area contributed by atoms with Crippen LogP contribution in [0.3, 0.4) is 0 Å². The average Bonchev–Trinajstić information content (AvgIpc) is 3.47. The molecule has 3 atom stereocenters. The zero-order chi connectivity index (χ0) is 40.7. The third-order valence-corrected chi connectivity index (χ3v) is 12.4. The van der Waals surface area contributed by atoms with Crippen LogP contribution >= 0.6 is 11.6 Å². The molecule has 2 N–H and O–H groups in total. The van der Waals surface area contributed by atoms with E-state index in [-0.39, 0.29) is 36.5 Å². The number of hydrogen-bond donors (Lipinski definition) is 2. The Bertz CT molecular complexity index is 2160. The quantitative estimate of drug-likeness (QED) is 0.333. The first-order valence-electron chi connectivity index (χ1n) is 19.9. The van der Waals surface area contributed by atoms with Gasteiger partial charge in [0.1, 0.15) is 12.1 Å². The summed E-state index contributed by atoms with van der Waals surface area (Å²) in [6.45, 7) is 11.2. The lowest BCUT2D eigenvalue weighted by Crippen LogP contribution is -2.59. The summed E-state index contributed by atoms with van der Waals surface area (Å²) in [5.41, 5.74) is 3.36. The fourth-order valence-electron chi connectivity index (χ4n) is 8.81. The SMILES string of the molecule is C[C@@H]1CN(C(=O)Nc2cnc(N3CCC(CN4CCN(c5ccc6c(c5)C(=O)N(C5CCC(=O)NC5=O)C6=O)CC4)CC3)nc2)[C@@H](C)CN1c1ccc(C#N)c(Cl)c1. The highest BCUT2D eigenvalue weighted by molar-refractivity contribution is 6.32. The van der Waals surface area contributed by atoms with Gasteiger partial charge in [0.25, 0.3) is 11.8 Å². The predicted octanol–water partition coefficient (Wildman–Crippen LogP) is 3.57. The van der Waals surface area contributed by atoms with Crippen molar-refractivity contribution in [3.63, 3.8) is 0 Å². The Balaban J connectivity index is 0.777. The number of rotatable bonds is 7. The zero-order valence-electron chi connectivity index (χ0n) is 32.6. The molecule has 0 aliphatic carbocycles. The molecule has 1 unspecified atom stereocenters. The molecule has 0 spiro atoms. The van der Waals surface area contributed by atoms with Gasteiger partial charge in [-0.25, -0.2) is 14.8 Å². The van der Waals surface area contributed by atoms with Gasteiger partial charge in [0, 0.05) is 88.8 Å². The molecule has 5 aliphatic heterocycles. The summed E-state index contributed by atoms with van der Waals surface area (Å²) in [6, 6.07) is 11.6. The van der Waals surface area contributed by atoms with Crippen molar-refractivity contribution in [2.75, 3.05) is 78.9 Å². The number of nitrogens with zero attached hydrogens (tertiary/aromatic N) is 9. The van der Waals surface area contributed by atoms with Crippen LogP contribution in [0.4, 0.5) is 27.8 Å². The van der Waals surface area contributed by atoms with Crippen molar-refractivity contribution in [1.82, 2.24) is 30.0 Å². The number of carbonyl (C=O) groups excluding carboxylic acids is 5. The van der Waals surface area contributed by atoms with Crippen molar-refractivity contribution in [1.29, 1.82) is 5.26 Å². The summed E-state index contributed by atoms with van der Waals surface area (Å²) in [5.74, 6) is -0.803. The molecule has 16 nitrogen and oxygen atoms in total. The fraction of sp³-hybridized carbons (Fsp3) is 0.463. The van der Waals surface area contributed by atoms with Gasteiger partial charge in [-0.15, -0.1) is 0 Å². The zero-order valence-corrected chi connectivity index (χ0v) is 33.3. The summed E-state index contributed by atoms with van der Waals surface area (Å²) in [5, 5.41) is 14.9. The molecule has 0 radical (unpaired) electrons. The number of benzene rings is 2. The lowest BCUT2D eigenvalue weighted by Gasteiger charge is -2.45. The minimum atomic E-state index is -0.978. The Morgan fingerprint density at radius 2 is 1.57 bits per heavy atom. The molecular weight excluding hydrogens is 762 g/mol. The van der Waals surface area contributed by atoms with E-state index in [0.717, 1.165) is 74.9 Å². The average molecular weight is 808 g/mol. The number of imide groups is 2. The Labute approximate surface area is 341 Å². The Morgan fingerprint density at radius 1 is 0.862 bits per heavy atom. The van der Waals surface area contributed by atoms with Crippen LogP contribution in [0.2, 0.25) is 5.02 Å². The number of hydrogen-bond acceptors (Lipinski definition) is 12. The lowest BCUT2D eigenvalue weighted by molar-refractivity contribution is -0.136. The van der Waals surface area contributed by atoms with Gasteiger partial charge in [-0.2, -0.15) is 5.26 Å². The van der Waals surface area contributed by atoms with Gasteiger partial charge in [0.05, 0.1) is 39.8 Å². The van der Waals surface area contributed by atoms with Crippen molar-refractivity contribution < 1.29 is 24.0 Å². The molecule has 2 aromatic carbocycles. The van der Waals surface area contributed by atoms with Crippen LogP contribution in [0.15, 0.2) is 48.8 Å². The number of aromatic nitrogens is 2. The summed E-state index contributed by atoms with van der Waals surface area (Å²) in [7, 11) is 0. The van der Waals surface area contributed by atoms with Gasteiger partial charge in [-0.3, -0.25) is 34.3 Å². The topological polar surface area (TPSA) is 178 Å². The second-order valence-corrected chi connectivity index (χ2v) is 16.3. The molecular formula is C41H46ClN11O5. The second kappa shape index (κ2) is 16.2. The number of nitriles is 1. The Kier molecular flexibility index (Phi) is 10.9. The first-order valence-corrected chi connectivity index (χ1v) is 20.3. The van der Waals surface area contributed by atoms with Crippen LogP contribution in [0.5, 0.6) is 0 Å². The molecule has 0 bridgehead atoms. The van der Waals surface area contributed by atoms with Gasteiger partial charge >= 0.3 is 6.03 Å². The highest BCUT2D eigenvalue weighted by atomic mass is 35.5. The highest BCUT2D eigenvalue weighted by Crippen LogP contribution is 2.32. The molecule has 302 valence electrons. The largest absolute Gasteiger partial charge is 0.369 e. The molecule has 17 heteroatoms. The molecule has 1 aromatic heterocycles. The number of anilines is 4. The summed E-state index contributed by atoms with van der Waals surface area (Å²) in [6.07, 6.45) is 5.58. The van der Waals surface area contributed by atoms with Crippen molar-refractivity contribution in [2.24, 2.45) is 5.92 Å². The maximum Gasteiger partial charge on any atom is 0.322 e. The predicted molar refractivity (Wildman–Crippen MR) is 217 cm³/mol. The van der Waals surface area contributed by atoms with E-state index in [0.29, 0.717) is 46.8 Å². The Morgan fingerprint density at radius 3 is 2.26 bits per heavy atom. The molecule has 0 saturated carbocycles. The van der Waals surface area contributed by atoms with Crippen LogP contribution < -0.4 is 25.3 Å². The van der Waals surface area contributed by atoms with Crippen LogP contribution in [0.25, 0.3) is 0 Å². The number of carbonyl (C=O) groups is 5. The maximum absolute atomic E-state index is 13.3. The summed E-state index contributed by atoms with van der Waals surface area (Å²) >= 11 is 6.30. The van der Waals surface area contributed by atoms with Gasteiger partial charge in [-0.05, 0) is 75.4 Å². The van der Waals surface area contributed by atoms with Crippen molar-refractivity contribution >= 4 is 64.3 Å². The van der Waals surface area contributed by atoms with Crippen molar-refractivity contribution in [3.05, 3.63) is 70.5 Å². The summed E-state index contributed by atoms with van der Waals surface area (Å²) in [4.78, 5) is 85.0. The van der Waals surface area contributed by atoms with Crippen LogP contribution in [-0.4, -0.2) is 131 Å². The first-order chi connectivity index (χ1) is 28.0. The van der Waals surface area contributed by atoms with E-state index in [4.69, 9.17) is 11.6 Å². The van der Waals surface area contributed by atoms with Gasteiger partial charge in [-0.1, -0.05) is 11.6 Å². The number of amides is 6. The number of nitrogens with one attached hydrogen (secondary N) is 2. The minimum absolute atomic E-state index is 0.0395. The molecule has 58 heavy (non-hydrogen) atoms. The second-order valence-electron chi connectivity index (χ2n) is 15.9. The van der Waals surface area contributed by atoms with Gasteiger partial charge < -0.3 is 24.9 Å². The standard InChI is InChI=1S/C41H46ClN11O5/c1-25-23-52(26(2)22-51(25)31-4-3-28(19-43)34(42)18-31)41(58)46-29-20-44-40(45-21-29)50-11-9-27(10-12-50)24-48-13-15-49(16-14-48)30-5-6-32-33(17-30)39(57)53(38(32)56)35-7-8-36(54)47-37(35)55/h3-6,17-18,20-21,25-27,35H,7-16,22-24H2,1-2H3,(H,46,58)(H,47,54,55)/t25-,26+,35?/m1/s1. The fourth-order valence-corrected chi connectivity index (χ4v) is 9.03. The van der Waals surface area contributed by atoms with E-state index in [1.54, 1.807) is 30.6 Å². The summed E-state index contributed by atoms with van der Waals surface area (Å²) < 4.78 is 0. The number of fused-ring (bicyclic) bond motifs is 1. The van der Waals surface area contributed by atoms with E-state index in [2.05, 4.69) is 53.2 Å². The smallest absolute Gasteiger partial charge is 0.322 e. The van der Waals surface area contributed by atoms with E-state index in [1.807, 2.05) is 30.0 Å². The monoisotopic (exact) mass is 807 g/mol. The molecule has 5 aliphatic rings. The molecule has 3 aromatic rings. The first kappa shape index (κ1) is 39.1. The number of halogens is 1. The molecule has 4 saturated heterocycles. The lowest BCUT2D eigenvalue weighted by atomic mass is 9.96. The van der Waals surface area contributed by atoms with Gasteiger partial charge in [0.2, 0.25) is 17.8 Å². The van der Waals surface area contributed by atoms with E-state index < -0.39 is 29.7 Å². The molecule has 4 fully saturated rings. The number of urea groups is 1. The van der Waals surface area contributed by atoms with Gasteiger partial charge in [0.15, 0.2) is 0 Å². The molecule has 6 heterocycles. The van der Waals surface area contributed by atoms with Crippen LogP contribution in [0.1, 0.15) is 65.8 Å². The van der Waals surface area contributed by atoms with E-state index in [9.17, 15) is 29.2 Å². The number of piperazine rings is 2. The highest BCUT2D eigenvalue weighted by Gasteiger charge is 2.45. The minimum Gasteiger partial charge on any atom is -0.369 e. The van der Waals surface area contributed by atoms with E-state index in [1.165, 1.54) is 0 Å². The van der Waals surface area contributed by atoms with E-state index >= 15 is 0 Å². The third-order valence-electron chi connectivity index (χ3n) is 12.1. The number of piperidine rings is 2. The molecule has 8 rings (SSSR count). The van der Waals surface area contributed by atoms with Crippen molar-refractivity contribution in [2.45, 2.75) is 57.7 Å².